The number of ether oxygens (including phenoxy) is 2. The molecule has 2 N–H and O–H groups in total. The molecule has 0 aromatic heterocycles. The minimum atomic E-state index is 0.0105. The van der Waals surface area contributed by atoms with Crippen molar-refractivity contribution >= 4 is 0 Å². The van der Waals surface area contributed by atoms with E-state index in [2.05, 4.69) is 6.92 Å². The van der Waals surface area contributed by atoms with E-state index >= 15 is 0 Å². The number of nitrogens with two attached hydrogens (primary N) is 1. The Morgan fingerprint density at radius 3 is 2.53 bits per heavy atom. The summed E-state index contributed by atoms with van der Waals surface area (Å²) in [5, 5.41) is 0. The standard InChI is InChI=1S/C12H19NO2/c1-3-8-14-11-6-4-5-7-12(11)15-10(2)9-13/h4-7,10H,3,8-9,13H2,1-2H3. The maximum atomic E-state index is 5.64. The average Bonchev–Trinajstić information content (AvgIpc) is 2.28. The molecule has 0 bridgehead atoms. The van der Waals surface area contributed by atoms with Crippen molar-refractivity contribution in [3.63, 3.8) is 0 Å². The van der Waals surface area contributed by atoms with Crippen LogP contribution in [-0.4, -0.2) is 19.3 Å². The fourth-order valence-corrected chi connectivity index (χ4v) is 1.14. The third-order valence-corrected chi connectivity index (χ3v) is 1.97. The molecule has 0 aliphatic rings. The van der Waals surface area contributed by atoms with Crippen molar-refractivity contribution in [3.8, 4) is 11.5 Å². The van der Waals surface area contributed by atoms with Crippen molar-refractivity contribution in [2.45, 2.75) is 26.4 Å². The molecule has 1 aromatic carbocycles. The number of hydrogen-bond acceptors (Lipinski definition) is 3. The number of rotatable bonds is 6. The van der Waals surface area contributed by atoms with Gasteiger partial charge in [-0.15, -0.1) is 0 Å². The van der Waals surface area contributed by atoms with E-state index in [0.29, 0.717) is 13.2 Å². The SMILES string of the molecule is CCCOc1ccccc1OC(C)CN. The molecule has 0 fully saturated rings. The third kappa shape index (κ3) is 3.80. The normalized spacial score (nSPS) is 12.2. The van der Waals surface area contributed by atoms with Gasteiger partial charge in [0.1, 0.15) is 6.10 Å². The van der Waals surface area contributed by atoms with Crippen LogP contribution >= 0.6 is 0 Å². The molecule has 0 spiro atoms. The fourth-order valence-electron chi connectivity index (χ4n) is 1.14. The highest BCUT2D eigenvalue weighted by Crippen LogP contribution is 2.27. The molecule has 0 aliphatic heterocycles. The molecular weight excluding hydrogens is 190 g/mol. The topological polar surface area (TPSA) is 44.5 Å². The highest BCUT2D eigenvalue weighted by Gasteiger charge is 2.06. The van der Waals surface area contributed by atoms with E-state index < -0.39 is 0 Å². The van der Waals surface area contributed by atoms with Crippen molar-refractivity contribution in [1.29, 1.82) is 0 Å². The van der Waals surface area contributed by atoms with Crippen molar-refractivity contribution in [1.82, 2.24) is 0 Å². The van der Waals surface area contributed by atoms with Crippen molar-refractivity contribution in [2.24, 2.45) is 5.73 Å². The van der Waals surface area contributed by atoms with E-state index in [0.717, 1.165) is 17.9 Å². The van der Waals surface area contributed by atoms with Crippen LogP contribution in [0.3, 0.4) is 0 Å². The number of benzene rings is 1. The molecule has 1 rings (SSSR count). The Morgan fingerprint density at radius 1 is 1.27 bits per heavy atom. The first-order valence-electron chi connectivity index (χ1n) is 5.36. The summed E-state index contributed by atoms with van der Waals surface area (Å²) in [7, 11) is 0. The lowest BCUT2D eigenvalue weighted by Gasteiger charge is -2.15. The second-order valence-electron chi connectivity index (χ2n) is 3.46. The second kappa shape index (κ2) is 6.30. The molecule has 0 saturated heterocycles. The van der Waals surface area contributed by atoms with E-state index in [-0.39, 0.29) is 6.10 Å². The first-order valence-corrected chi connectivity index (χ1v) is 5.36. The van der Waals surface area contributed by atoms with Crippen LogP contribution in [-0.2, 0) is 0 Å². The van der Waals surface area contributed by atoms with E-state index in [9.17, 15) is 0 Å². The van der Waals surface area contributed by atoms with Crippen molar-refractivity contribution in [2.75, 3.05) is 13.2 Å². The van der Waals surface area contributed by atoms with Gasteiger partial charge in [0.2, 0.25) is 0 Å². The number of hydrogen-bond donors (Lipinski definition) is 1. The van der Waals surface area contributed by atoms with Gasteiger partial charge in [-0.3, -0.25) is 0 Å². The summed E-state index contributed by atoms with van der Waals surface area (Å²) in [4.78, 5) is 0. The van der Waals surface area contributed by atoms with Crippen LogP contribution in [0.5, 0.6) is 11.5 Å². The third-order valence-electron chi connectivity index (χ3n) is 1.97. The molecule has 1 atom stereocenters. The molecule has 15 heavy (non-hydrogen) atoms. The summed E-state index contributed by atoms with van der Waals surface area (Å²) in [6.07, 6.45) is 0.997. The van der Waals surface area contributed by atoms with Crippen LogP contribution in [0.2, 0.25) is 0 Å². The number of para-hydroxylation sites is 2. The Bertz CT molecular complexity index is 289. The second-order valence-corrected chi connectivity index (χ2v) is 3.46. The van der Waals surface area contributed by atoms with Crippen molar-refractivity contribution < 1.29 is 9.47 Å². The molecule has 1 unspecified atom stereocenters. The van der Waals surface area contributed by atoms with Gasteiger partial charge < -0.3 is 15.2 Å². The first-order chi connectivity index (χ1) is 7.27. The summed E-state index contributed by atoms with van der Waals surface area (Å²) in [5.74, 6) is 1.56. The quantitative estimate of drug-likeness (QED) is 0.781. The predicted octanol–water partition coefficient (Wildman–Crippen LogP) is 2.20. The van der Waals surface area contributed by atoms with Crippen LogP contribution in [0, 0.1) is 0 Å². The molecule has 3 nitrogen and oxygen atoms in total. The zero-order valence-corrected chi connectivity index (χ0v) is 9.40. The summed E-state index contributed by atoms with van der Waals surface area (Å²) < 4.78 is 11.2. The Morgan fingerprint density at radius 2 is 1.93 bits per heavy atom. The lowest BCUT2D eigenvalue weighted by molar-refractivity contribution is 0.211. The van der Waals surface area contributed by atoms with Gasteiger partial charge in [-0.25, -0.2) is 0 Å². The van der Waals surface area contributed by atoms with Crippen LogP contribution in [0.25, 0.3) is 0 Å². The van der Waals surface area contributed by atoms with Crippen LogP contribution in [0.15, 0.2) is 24.3 Å². The van der Waals surface area contributed by atoms with Crippen LogP contribution < -0.4 is 15.2 Å². The van der Waals surface area contributed by atoms with E-state index in [1.54, 1.807) is 0 Å². The van der Waals surface area contributed by atoms with Gasteiger partial charge in [-0.1, -0.05) is 19.1 Å². The van der Waals surface area contributed by atoms with Crippen LogP contribution in [0.4, 0.5) is 0 Å². The molecule has 1 aromatic rings. The summed E-state index contributed by atoms with van der Waals surface area (Å²) in [6, 6.07) is 7.67. The van der Waals surface area contributed by atoms with Gasteiger partial charge in [0.15, 0.2) is 11.5 Å². The Kier molecular flexibility index (Phi) is 4.98. The van der Waals surface area contributed by atoms with Gasteiger partial charge in [0.05, 0.1) is 6.61 Å². The lowest BCUT2D eigenvalue weighted by atomic mass is 10.3. The van der Waals surface area contributed by atoms with Gasteiger partial charge >= 0.3 is 0 Å². The maximum Gasteiger partial charge on any atom is 0.161 e. The zero-order valence-electron chi connectivity index (χ0n) is 9.40. The molecule has 0 amide bonds. The molecule has 0 radical (unpaired) electrons. The van der Waals surface area contributed by atoms with Gasteiger partial charge in [-0.2, -0.15) is 0 Å². The van der Waals surface area contributed by atoms with E-state index in [4.69, 9.17) is 15.2 Å². The van der Waals surface area contributed by atoms with Gasteiger partial charge in [0, 0.05) is 6.54 Å². The Labute approximate surface area is 91.2 Å². The van der Waals surface area contributed by atoms with Gasteiger partial charge in [0.25, 0.3) is 0 Å². The molecule has 0 saturated carbocycles. The fraction of sp³-hybridized carbons (Fsp3) is 0.500. The molecule has 0 aliphatic carbocycles. The molecule has 0 heterocycles. The minimum absolute atomic E-state index is 0.0105. The predicted molar refractivity (Wildman–Crippen MR) is 61.4 cm³/mol. The highest BCUT2D eigenvalue weighted by atomic mass is 16.5. The largest absolute Gasteiger partial charge is 0.490 e. The van der Waals surface area contributed by atoms with E-state index in [1.807, 2.05) is 31.2 Å². The summed E-state index contributed by atoms with van der Waals surface area (Å²) >= 11 is 0. The van der Waals surface area contributed by atoms with E-state index in [1.165, 1.54) is 0 Å². The maximum absolute atomic E-state index is 5.64. The van der Waals surface area contributed by atoms with Crippen molar-refractivity contribution in [3.05, 3.63) is 24.3 Å². The highest BCUT2D eigenvalue weighted by molar-refractivity contribution is 5.39. The van der Waals surface area contributed by atoms with Crippen LogP contribution in [0.1, 0.15) is 20.3 Å². The minimum Gasteiger partial charge on any atom is -0.490 e. The molecule has 84 valence electrons. The monoisotopic (exact) mass is 209 g/mol. The Hall–Kier alpha value is -1.22. The molecule has 3 heteroatoms. The average molecular weight is 209 g/mol. The smallest absolute Gasteiger partial charge is 0.161 e. The summed E-state index contributed by atoms with van der Waals surface area (Å²) in [6.45, 7) is 5.22. The van der Waals surface area contributed by atoms with Gasteiger partial charge in [-0.05, 0) is 25.5 Å². The molecular formula is C12H19NO2. The first kappa shape index (κ1) is 11.9. The summed E-state index contributed by atoms with van der Waals surface area (Å²) in [5.41, 5.74) is 5.50. The zero-order chi connectivity index (χ0) is 11.1. The Balaban J connectivity index is 2.67. The lowest BCUT2D eigenvalue weighted by Crippen LogP contribution is -2.23.